The topological polar surface area (TPSA) is 41.6 Å². The third-order valence-corrected chi connectivity index (χ3v) is 1.90. The van der Waals surface area contributed by atoms with E-state index in [1.165, 1.54) is 0 Å². The number of aromatic nitrogens is 3. The van der Waals surface area contributed by atoms with Crippen molar-refractivity contribution in [1.82, 2.24) is 15.4 Å². The molecule has 1 rings (SSSR count). The highest BCUT2D eigenvalue weighted by Gasteiger charge is 2.11. The van der Waals surface area contributed by atoms with Gasteiger partial charge < -0.3 is 0 Å². The van der Waals surface area contributed by atoms with E-state index in [-0.39, 0.29) is 0 Å². The molecule has 10 heavy (non-hydrogen) atoms. The molecule has 0 aromatic carbocycles. The molecule has 0 aliphatic carbocycles. The summed E-state index contributed by atoms with van der Waals surface area (Å²) in [6, 6.07) is 0. The number of nitrogens with one attached hydrogen (secondary N) is 1. The first kappa shape index (κ1) is 7.25. The second-order valence-corrected chi connectivity index (χ2v) is 2.93. The van der Waals surface area contributed by atoms with E-state index in [0.717, 1.165) is 5.69 Å². The molecule has 0 spiro atoms. The van der Waals surface area contributed by atoms with E-state index in [0.29, 0.717) is 11.8 Å². The van der Waals surface area contributed by atoms with Crippen molar-refractivity contribution < 1.29 is 0 Å². The molecule has 0 bridgehead atoms. The zero-order valence-corrected chi connectivity index (χ0v) is 6.63. The van der Waals surface area contributed by atoms with E-state index in [4.69, 9.17) is 0 Å². The largest absolute Gasteiger partial charge is 0.198 e. The van der Waals surface area contributed by atoms with Crippen LogP contribution >= 0.6 is 0 Å². The Kier molecular flexibility index (Phi) is 2.04. The lowest BCUT2D eigenvalue weighted by molar-refractivity contribution is 0.522. The van der Waals surface area contributed by atoms with Crippen LogP contribution in [0.5, 0.6) is 0 Å². The van der Waals surface area contributed by atoms with Crippen LogP contribution in [0.1, 0.15) is 32.4 Å². The molecule has 0 saturated carbocycles. The second kappa shape index (κ2) is 2.82. The van der Waals surface area contributed by atoms with Crippen molar-refractivity contribution in [3.63, 3.8) is 0 Å². The highest BCUT2D eigenvalue weighted by molar-refractivity contribution is 4.99. The first-order valence-corrected chi connectivity index (χ1v) is 3.57. The summed E-state index contributed by atoms with van der Waals surface area (Å²) in [6.45, 7) is 6.52. The number of nitrogens with zero attached hydrogens (tertiary/aromatic N) is 2. The molecule has 1 aromatic rings. The predicted octanol–water partition coefficient (Wildman–Crippen LogP) is 1.56. The number of rotatable bonds is 2. The number of H-pyrrole nitrogens is 1. The van der Waals surface area contributed by atoms with E-state index in [1.54, 1.807) is 6.20 Å². The van der Waals surface area contributed by atoms with Gasteiger partial charge in [0.2, 0.25) is 0 Å². The van der Waals surface area contributed by atoms with E-state index >= 15 is 0 Å². The Labute approximate surface area is 60.8 Å². The van der Waals surface area contributed by atoms with Crippen molar-refractivity contribution in [2.45, 2.75) is 26.7 Å². The summed E-state index contributed by atoms with van der Waals surface area (Å²) < 4.78 is 0. The van der Waals surface area contributed by atoms with Crippen molar-refractivity contribution in [3.8, 4) is 0 Å². The number of hydrogen-bond acceptors (Lipinski definition) is 2. The minimum atomic E-state index is 0.499. The summed E-state index contributed by atoms with van der Waals surface area (Å²) in [6.07, 6.45) is 1.78. The lowest BCUT2D eigenvalue weighted by Crippen LogP contribution is -2.01. The molecule has 0 fully saturated rings. The Hall–Kier alpha value is -0.860. The Balaban J connectivity index is 2.68. The average Bonchev–Trinajstić information content (AvgIpc) is 2.36. The van der Waals surface area contributed by atoms with Crippen LogP contribution in [0.25, 0.3) is 0 Å². The normalized spacial score (nSPS) is 14.0. The van der Waals surface area contributed by atoms with Gasteiger partial charge in [0.1, 0.15) is 0 Å². The minimum Gasteiger partial charge on any atom is -0.198 e. The third-order valence-electron chi connectivity index (χ3n) is 1.90. The van der Waals surface area contributed by atoms with Gasteiger partial charge in [-0.25, -0.2) is 0 Å². The molecule has 1 unspecified atom stereocenters. The smallest absolute Gasteiger partial charge is 0.0855 e. The molecule has 56 valence electrons. The predicted molar refractivity (Wildman–Crippen MR) is 39.6 cm³/mol. The summed E-state index contributed by atoms with van der Waals surface area (Å²) >= 11 is 0. The van der Waals surface area contributed by atoms with Crippen LogP contribution < -0.4 is 0 Å². The fourth-order valence-electron chi connectivity index (χ4n) is 0.771. The van der Waals surface area contributed by atoms with Gasteiger partial charge in [-0.15, -0.1) is 0 Å². The number of hydrogen-bond donors (Lipinski definition) is 1. The van der Waals surface area contributed by atoms with Crippen molar-refractivity contribution >= 4 is 0 Å². The van der Waals surface area contributed by atoms with Gasteiger partial charge in [0, 0.05) is 5.92 Å². The minimum absolute atomic E-state index is 0.499. The van der Waals surface area contributed by atoms with Gasteiger partial charge in [0.05, 0.1) is 11.9 Å². The Bertz CT molecular complexity index is 179. The standard InChI is InChI=1S/C7H13N3/c1-5(2)6(3)7-4-8-10-9-7/h4-6H,1-3H3,(H,8,9,10). The summed E-state index contributed by atoms with van der Waals surface area (Å²) in [5.74, 6) is 1.13. The van der Waals surface area contributed by atoms with Gasteiger partial charge in [-0.2, -0.15) is 15.4 Å². The number of aromatic amines is 1. The third kappa shape index (κ3) is 1.35. The molecule has 3 nitrogen and oxygen atoms in total. The average molecular weight is 139 g/mol. The highest BCUT2D eigenvalue weighted by atomic mass is 15.3. The van der Waals surface area contributed by atoms with Gasteiger partial charge in [0.25, 0.3) is 0 Å². The Morgan fingerprint density at radius 1 is 1.40 bits per heavy atom. The van der Waals surface area contributed by atoms with Crippen LogP contribution in [-0.2, 0) is 0 Å². The quantitative estimate of drug-likeness (QED) is 0.675. The molecular weight excluding hydrogens is 126 g/mol. The maximum absolute atomic E-state index is 4.00. The molecule has 3 heteroatoms. The van der Waals surface area contributed by atoms with Crippen molar-refractivity contribution in [3.05, 3.63) is 11.9 Å². The van der Waals surface area contributed by atoms with E-state index < -0.39 is 0 Å². The molecule has 1 atom stereocenters. The molecule has 0 amide bonds. The van der Waals surface area contributed by atoms with Crippen LogP contribution in [0.3, 0.4) is 0 Å². The second-order valence-electron chi connectivity index (χ2n) is 2.93. The lowest BCUT2D eigenvalue weighted by Gasteiger charge is -2.10. The van der Waals surface area contributed by atoms with E-state index in [9.17, 15) is 0 Å². The zero-order chi connectivity index (χ0) is 7.56. The maximum atomic E-state index is 4.00. The lowest BCUT2D eigenvalue weighted by atomic mass is 9.95. The van der Waals surface area contributed by atoms with Gasteiger partial charge in [-0.1, -0.05) is 20.8 Å². The van der Waals surface area contributed by atoms with Gasteiger partial charge >= 0.3 is 0 Å². The summed E-state index contributed by atoms with van der Waals surface area (Å²) in [5, 5.41) is 10.4. The van der Waals surface area contributed by atoms with Crippen molar-refractivity contribution in [1.29, 1.82) is 0 Å². The summed E-state index contributed by atoms with van der Waals surface area (Å²) in [7, 11) is 0. The Morgan fingerprint density at radius 3 is 2.50 bits per heavy atom. The first-order valence-electron chi connectivity index (χ1n) is 3.57. The fourth-order valence-corrected chi connectivity index (χ4v) is 0.771. The fraction of sp³-hybridized carbons (Fsp3) is 0.714. The monoisotopic (exact) mass is 139 g/mol. The van der Waals surface area contributed by atoms with Crippen molar-refractivity contribution in [2.24, 2.45) is 5.92 Å². The van der Waals surface area contributed by atoms with E-state index in [2.05, 4.69) is 36.2 Å². The summed E-state index contributed by atoms with van der Waals surface area (Å²) in [5.41, 5.74) is 1.05. The van der Waals surface area contributed by atoms with E-state index in [1.807, 2.05) is 0 Å². The summed E-state index contributed by atoms with van der Waals surface area (Å²) in [4.78, 5) is 0. The molecule has 1 heterocycles. The van der Waals surface area contributed by atoms with Crippen LogP contribution in [0, 0.1) is 5.92 Å². The SMILES string of the molecule is CC(C)C(C)c1cn[nH]n1. The Morgan fingerprint density at radius 2 is 2.10 bits per heavy atom. The maximum Gasteiger partial charge on any atom is 0.0855 e. The highest BCUT2D eigenvalue weighted by Crippen LogP contribution is 2.19. The van der Waals surface area contributed by atoms with Crippen LogP contribution in [0.4, 0.5) is 0 Å². The van der Waals surface area contributed by atoms with Gasteiger partial charge in [0.15, 0.2) is 0 Å². The van der Waals surface area contributed by atoms with Crippen LogP contribution in [0.2, 0.25) is 0 Å². The molecule has 0 radical (unpaired) electrons. The van der Waals surface area contributed by atoms with Gasteiger partial charge in [-0.05, 0) is 5.92 Å². The zero-order valence-electron chi connectivity index (χ0n) is 6.63. The van der Waals surface area contributed by atoms with Gasteiger partial charge in [-0.3, -0.25) is 0 Å². The first-order chi connectivity index (χ1) is 4.72. The van der Waals surface area contributed by atoms with Crippen molar-refractivity contribution in [2.75, 3.05) is 0 Å². The van der Waals surface area contributed by atoms with Crippen LogP contribution in [0.15, 0.2) is 6.20 Å². The molecule has 0 saturated heterocycles. The molecule has 1 aromatic heterocycles. The molecule has 1 N–H and O–H groups in total. The molecule has 0 aliphatic rings. The molecular formula is C7H13N3. The molecule has 0 aliphatic heterocycles. The van der Waals surface area contributed by atoms with Crippen LogP contribution in [-0.4, -0.2) is 15.4 Å².